The predicted octanol–water partition coefficient (Wildman–Crippen LogP) is 2.53. The number of hydrogen-bond acceptors (Lipinski definition) is 3. The van der Waals surface area contributed by atoms with E-state index in [0.717, 1.165) is 12.1 Å². The van der Waals surface area contributed by atoms with Crippen molar-refractivity contribution in [3.63, 3.8) is 0 Å². The Morgan fingerprint density at radius 2 is 2.24 bits per heavy atom. The molecule has 0 fully saturated rings. The minimum absolute atomic E-state index is 0.00329. The van der Waals surface area contributed by atoms with Gasteiger partial charge in [0.05, 0.1) is 11.3 Å². The van der Waals surface area contributed by atoms with Crippen LogP contribution >= 0.6 is 0 Å². The van der Waals surface area contributed by atoms with Gasteiger partial charge >= 0.3 is 5.97 Å². The lowest BCUT2D eigenvalue weighted by molar-refractivity contribution is -0.385. The van der Waals surface area contributed by atoms with E-state index in [-0.39, 0.29) is 23.2 Å². The second-order valence-electron chi connectivity index (χ2n) is 3.42. The highest BCUT2D eigenvalue weighted by Gasteiger charge is 2.13. The third-order valence-corrected chi connectivity index (χ3v) is 2.10. The van der Waals surface area contributed by atoms with Crippen molar-refractivity contribution in [3.05, 3.63) is 45.3 Å². The van der Waals surface area contributed by atoms with Gasteiger partial charge in [0.2, 0.25) is 0 Å². The maximum Gasteiger partial charge on any atom is 0.307 e. The molecule has 0 bridgehead atoms. The molecule has 0 spiro atoms. The van der Waals surface area contributed by atoms with E-state index in [1.807, 2.05) is 0 Å². The first-order valence-electron chi connectivity index (χ1n) is 4.74. The summed E-state index contributed by atoms with van der Waals surface area (Å²) in [5.74, 6) is -1.67. The minimum Gasteiger partial charge on any atom is -0.481 e. The van der Waals surface area contributed by atoms with Crippen molar-refractivity contribution < 1.29 is 19.2 Å². The second-order valence-corrected chi connectivity index (χ2v) is 3.42. The van der Waals surface area contributed by atoms with Crippen LogP contribution < -0.4 is 0 Å². The van der Waals surface area contributed by atoms with E-state index in [0.29, 0.717) is 0 Å². The van der Waals surface area contributed by atoms with E-state index in [4.69, 9.17) is 5.11 Å². The summed E-state index contributed by atoms with van der Waals surface area (Å²) in [6.45, 7) is 1.44. The van der Waals surface area contributed by atoms with E-state index in [2.05, 4.69) is 0 Å². The largest absolute Gasteiger partial charge is 0.481 e. The Hall–Kier alpha value is -2.24. The van der Waals surface area contributed by atoms with Gasteiger partial charge in [0.15, 0.2) is 0 Å². The van der Waals surface area contributed by atoms with Gasteiger partial charge in [0.1, 0.15) is 5.82 Å². The molecule has 0 saturated heterocycles. The van der Waals surface area contributed by atoms with Crippen LogP contribution in [0, 0.1) is 22.9 Å². The standard InChI is InChI=1S/C11H10FNO4/c1-7-5-9(12)8(3-2-4-11(14)15)6-10(7)13(16)17/h2-3,5-6H,4H2,1H3,(H,14,15). The van der Waals surface area contributed by atoms with Crippen LogP contribution in [0.3, 0.4) is 0 Å². The highest BCUT2D eigenvalue weighted by molar-refractivity contribution is 5.70. The Kier molecular flexibility index (Phi) is 3.92. The first kappa shape index (κ1) is 12.8. The van der Waals surface area contributed by atoms with Gasteiger partial charge in [-0.2, -0.15) is 0 Å². The van der Waals surface area contributed by atoms with Crippen molar-refractivity contribution in [1.82, 2.24) is 0 Å². The van der Waals surface area contributed by atoms with Crippen LogP contribution in [0.2, 0.25) is 0 Å². The van der Waals surface area contributed by atoms with Gasteiger partial charge in [0, 0.05) is 17.2 Å². The van der Waals surface area contributed by atoms with Gasteiger partial charge in [-0.15, -0.1) is 0 Å². The number of nitro benzene ring substituents is 1. The van der Waals surface area contributed by atoms with Gasteiger partial charge in [-0.25, -0.2) is 4.39 Å². The van der Waals surface area contributed by atoms with Crippen LogP contribution in [0.5, 0.6) is 0 Å². The highest BCUT2D eigenvalue weighted by Crippen LogP contribution is 2.23. The van der Waals surface area contributed by atoms with Crippen molar-refractivity contribution >= 4 is 17.7 Å². The average Bonchev–Trinajstić information content (AvgIpc) is 2.20. The fourth-order valence-corrected chi connectivity index (χ4v) is 1.29. The molecule has 0 heterocycles. The first-order valence-corrected chi connectivity index (χ1v) is 4.74. The fourth-order valence-electron chi connectivity index (χ4n) is 1.29. The smallest absolute Gasteiger partial charge is 0.307 e. The summed E-state index contributed by atoms with van der Waals surface area (Å²) >= 11 is 0. The Bertz CT molecular complexity index is 496. The number of nitrogens with zero attached hydrogens (tertiary/aromatic N) is 1. The molecule has 0 radical (unpaired) electrons. The number of carboxylic acid groups (broad SMARTS) is 1. The highest BCUT2D eigenvalue weighted by atomic mass is 19.1. The SMILES string of the molecule is Cc1cc(F)c(C=CCC(=O)O)cc1[N+](=O)[O-]. The summed E-state index contributed by atoms with van der Waals surface area (Å²) in [5, 5.41) is 19.0. The molecular weight excluding hydrogens is 229 g/mol. The summed E-state index contributed by atoms with van der Waals surface area (Å²) in [4.78, 5) is 20.3. The minimum atomic E-state index is -1.05. The third kappa shape index (κ3) is 3.37. The first-order chi connectivity index (χ1) is 7.91. The molecule has 1 N–H and O–H groups in total. The van der Waals surface area contributed by atoms with Crippen molar-refractivity contribution in [2.75, 3.05) is 0 Å². The zero-order valence-electron chi connectivity index (χ0n) is 9.01. The van der Waals surface area contributed by atoms with Crippen LogP contribution in [0.15, 0.2) is 18.2 Å². The van der Waals surface area contributed by atoms with Crippen LogP contribution in [0.1, 0.15) is 17.5 Å². The van der Waals surface area contributed by atoms with Gasteiger partial charge in [-0.3, -0.25) is 14.9 Å². The molecule has 0 aliphatic carbocycles. The van der Waals surface area contributed by atoms with E-state index in [1.165, 1.54) is 19.1 Å². The maximum absolute atomic E-state index is 13.4. The summed E-state index contributed by atoms with van der Waals surface area (Å²) in [6, 6.07) is 2.14. The normalized spacial score (nSPS) is 10.7. The molecule has 0 unspecified atom stereocenters. The number of hydrogen-bond donors (Lipinski definition) is 1. The Balaban J connectivity index is 3.07. The Labute approximate surface area is 96.3 Å². The molecule has 90 valence electrons. The predicted molar refractivity (Wildman–Crippen MR) is 59.1 cm³/mol. The quantitative estimate of drug-likeness (QED) is 0.646. The molecule has 0 amide bonds. The second kappa shape index (κ2) is 5.20. The molecule has 0 saturated carbocycles. The van der Waals surface area contributed by atoms with E-state index >= 15 is 0 Å². The lowest BCUT2D eigenvalue weighted by Gasteiger charge is -2.00. The topological polar surface area (TPSA) is 80.4 Å². The lowest BCUT2D eigenvalue weighted by atomic mass is 10.1. The van der Waals surface area contributed by atoms with Crippen LogP contribution in [0.4, 0.5) is 10.1 Å². The molecule has 1 aromatic carbocycles. The molecule has 0 atom stereocenters. The maximum atomic E-state index is 13.4. The number of rotatable bonds is 4. The number of halogens is 1. The lowest BCUT2D eigenvalue weighted by Crippen LogP contribution is -1.95. The monoisotopic (exact) mass is 239 g/mol. The number of benzene rings is 1. The van der Waals surface area contributed by atoms with E-state index in [1.54, 1.807) is 0 Å². The summed E-state index contributed by atoms with van der Waals surface area (Å²) < 4.78 is 13.4. The molecule has 1 rings (SSSR count). The molecule has 0 aliphatic rings. The molecule has 1 aromatic rings. The van der Waals surface area contributed by atoms with Crippen LogP contribution in [-0.4, -0.2) is 16.0 Å². The van der Waals surface area contributed by atoms with Gasteiger partial charge in [-0.1, -0.05) is 12.2 Å². The number of carboxylic acids is 1. The van der Waals surface area contributed by atoms with Crippen LogP contribution in [-0.2, 0) is 4.79 Å². The molecule has 0 aromatic heterocycles. The zero-order chi connectivity index (χ0) is 13.0. The van der Waals surface area contributed by atoms with Crippen molar-refractivity contribution in [2.45, 2.75) is 13.3 Å². The third-order valence-electron chi connectivity index (χ3n) is 2.10. The number of nitro groups is 1. The van der Waals surface area contributed by atoms with Crippen molar-refractivity contribution in [3.8, 4) is 0 Å². The van der Waals surface area contributed by atoms with Gasteiger partial charge < -0.3 is 5.11 Å². The Morgan fingerprint density at radius 3 is 2.76 bits per heavy atom. The van der Waals surface area contributed by atoms with Gasteiger partial charge in [-0.05, 0) is 13.0 Å². The summed E-state index contributed by atoms with van der Waals surface area (Å²) in [6.07, 6.45) is 2.19. The molecule has 0 aliphatic heterocycles. The Morgan fingerprint density at radius 1 is 1.59 bits per heavy atom. The fraction of sp³-hybridized carbons (Fsp3) is 0.182. The molecule has 5 nitrogen and oxygen atoms in total. The van der Waals surface area contributed by atoms with E-state index < -0.39 is 16.7 Å². The molecule has 17 heavy (non-hydrogen) atoms. The van der Waals surface area contributed by atoms with E-state index in [9.17, 15) is 19.3 Å². The summed E-state index contributed by atoms with van der Waals surface area (Å²) in [5.41, 5.74) is 0.0350. The average molecular weight is 239 g/mol. The van der Waals surface area contributed by atoms with Crippen LogP contribution in [0.25, 0.3) is 6.08 Å². The summed E-state index contributed by atoms with van der Waals surface area (Å²) in [7, 11) is 0. The zero-order valence-corrected chi connectivity index (χ0v) is 9.01. The molecular formula is C11H10FNO4. The molecule has 6 heteroatoms. The van der Waals surface area contributed by atoms with Crippen molar-refractivity contribution in [1.29, 1.82) is 0 Å². The number of carbonyl (C=O) groups is 1. The number of aliphatic carboxylic acids is 1. The number of aryl methyl sites for hydroxylation is 1. The van der Waals surface area contributed by atoms with Gasteiger partial charge in [0.25, 0.3) is 5.69 Å². The van der Waals surface area contributed by atoms with Crippen molar-refractivity contribution in [2.24, 2.45) is 0 Å².